The van der Waals surface area contributed by atoms with Crippen LogP contribution in [0.2, 0.25) is 0 Å². The van der Waals surface area contributed by atoms with E-state index in [0.717, 1.165) is 18.8 Å². The third-order valence-corrected chi connectivity index (χ3v) is 4.38. The molecule has 1 rings (SSSR count). The molecule has 1 atom stereocenters. The van der Waals surface area contributed by atoms with Crippen molar-refractivity contribution in [1.29, 1.82) is 0 Å². The third kappa shape index (κ3) is 6.23. The molecule has 1 amide bonds. The fourth-order valence-electron chi connectivity index (χ4n) is 3.08. The van der Waals surface area contributed by atoms with Gasteiger partial charge in [-0.1, -0.05) is 26.2 Å². The quantitative estimate of drug-likeness (QED) is 0.684. The van der Waals surface area contributed by atoms with Crippen molar-refractivity contribution in [3.05, 3.63) is 0 Å². The van der Waals surface area contributed by atoms with Gasteiger partial charge in [0.1, 0.15) is 0 Å². The second-order valence-electron chi connectivity index (χ2n) is 6.03. The van der Waals surface area contributed by atoms with Gasteiger partial charge in [0.05, 0.1) is 12.6 Å². The van der Waals surface area contributed by atoms with Gasteiger partial charge >= 0.3 is 0 Å². The highest BCUT2D eigenvalue weighted by Gasteiger charge is 2.27. The van der Waals surface area contributed by atoms with E-state index >= 15 is 0 Å². The van der Waals surface area contributed by atoms with Crippen LogP contribution in [0.4, 0.5) is 0 Å². The zero-order valence-electron chi connectivity index (χ0n) is 13.1. The van der Waals surface area contributed by atoms with Crippen LogP contribution in [0.1, 0.15) is 58.3 Å². The van der Waals surface area contributed by atoms with E-state index in [1.165, 1.54) is 32.1 Å². The molecule has 1 saturated carbocycles. The first-order chi connectivity index (χ1) is 9.71. The van der Waals surface area contributed by atoms with E-state index in [4.69, 9.17) is 9.84 Å². The summed E-state index contributed by atoms with van der Waals surface area (Å²) in [6.45, 7) is 2.78. The Hall–Kier alpha value is -0.610. The maximum Gasteiger partial charge on any atom is 0.223 e. The lowest BCUT2D eigenvalue weighted by Crippen LogP contribution is -2.42. The number of aliphatic hydroxyl groups excluding tert-OH is 1. The van der Waals surface area contributed by atoms with Crippen molar-refractivity contribution in [2.45, 2.75) is 64.3 Å². The van der Waals surface area contributed by atoms with Crippen LogP contribution in [-0.2, 0) is 9.53 Å². The van der Waals surface area contributed by atoms with Gasteiger partial charge in [-0.3, -0.25) is 4.79 Å². The Morgan fingerprint density at radius 3 is 2.60 bits per heavy atom. The molecule has 0 aromatic rings. The minimum atomic E-state index is -0.0599. The molecular formula is C16H31NO3. The molecule has 1 fully saturated rings. The lowest BCUT2D eigenvalue weighted by atomic mass is 9.79. The van der Waals surface area contributed by atoms with Crippen LogP contribution in [0.5, 0.6) is 0 Å². The van der Waals surface area contributed by atoms with Crippen molar-refractivity contribution in [3.63, 3.8) is 0 Å². The van der Waals surface area contributed by atoms with Gasteiger partial charge < -0.3 is 15.2 Å². The zero-order valence-corrected chi connectivity index (χ0v) is 13.1. The van der Waals surface area contributed by atoms with Crippen LogP contribution in [0.15, 0.2) is 0 Å². The molecule has 0 aromatic carbocycles. The Kier molecular flexibility index (Phi) is 8.86. The van der Waals surface area contributed by atoms with Gasteiger partial charge in [0.2, 0.25) is 5.91 Å². The Morgan fingerprint density at radius 2 is 2.05 bits per heavy atom. The summed E-state index contributed by atoms with van der Waals surface area (Å²) >= 11 is 0. The van der Waals surface area contributed by atoms with Crippen molar-refractivity contribution < 1.29 is 14.6 Å². The fourth-order valence-corrected chi connectivity index (χ4v) is 3.08. The minimum Gasteiger partial charge on any atom is -0.396 e. The molecule has 0 aliphatic heterocycles. The number of rotatable bonds is 9. The highest BCUT2D eigenvalue weighted by molar-refractivity contribution is 5.79. The number of hydrogen-bond donors (Lipinski definition) is 2. The fraction of sp³-hybridized carbons (Fsp3) is 0.938. The topological polar surface area (TPSA) is 58.6 Å². The number of nitrogens with one attached hydrogen (secondary N) is 1. The summed E-state index contributed by atoms with van der Waals surface area (Å²) in [4.78, 5) is 12.2. The minimum absolute atomic E-state index is 0.0599. The summed E-state index contributed by atoms with van der Waals surface area (Å²) in [6, 6.07) is -0.0599. The normalized spacial score (nSPS) is 24.4. The molecule has 2 N–H and O–H groups in total. The van der Waals surface area contributed by atoms with Crippen LogP contribution in [-0.4, -0.2) is 37.4 Å². The smallest absolute Gasteiger partial charge is 0.223 e. The molecule has 118 valence electrons. The predicted octanol–water partition coefficient (Wildman–Crippen LogP) is 2.50. The van der Waals surface area contributed by atoms with E-state index in [9.17, 15) is 4.79 Å². The summed E-state index contributed by atoms with van der Waals surface area (Å²) in [7, 11) is 1.62. The maximum atomic E-state index is 12.2. The molecule has 0 heterocycles. The summed E-state index contributed by atoms with van der Waals surface area (Å²) in [5.41, 5.74) is 0. The molecule has 20 heavy (non-hydrogen) atoms. The number of carbonyl (C=O) groups excluding carboxylic acids is 1. The van der Waals surface area contributed by atoms with Gasteiger partial charge in [-0.05, 0) is 38.0 Å². The van der Waals surface area contributed by atoms with Crippen LogP contribution in [0.3, 0.4) is 0 Å². The summed E-state index contributed by atoms with van der Waals surface area (Å²) in [5.74, 6) is 1.13. The summed E-state index contributed by atoms with van der Waals surface area (Å²) < 4.78 is 5.08. The Labute approximate surface area is 123 Å². The number of methoxy groups -OCH3 is 1. The van der Waals surface area contributed by atoms with E-state index in [0.29, 0.717) is 13.0 Å². The average molecular weight is 285 g/mol. The summed E-state index contributed by atoms with van der Waals surface area (Å²) in [6.07, 6.45) is 8.86. The van der Waals surface area contributed by atoms with Gasteiger partial charge in [-0.2, -0.15) is 0 Å². The van der Waals surface area contributed by atoms with Crippen molar-refractivity contribution >= 4 is 5.91 Å². The van der Waals surface area contributed by atoms with E-state index in [1.807, 2.05) is 0 Å². The number of hydrogen-bond acceptors (Lipinski definition) is 3. The highest BCUT2D eigenvalue weighted by atomic mass is 16.5. The van der Waals surface area contributed by atoms with Crippen LogP contribution >= 0.6 is 0 Å². The lowest BCUT2D eigenvalue weighted by Gasteiger charge is -2.29. The Balaban J connectivity index is 2.30. The van der Waals surface area contributed by atoms with Gasteiger partial charge in [0, 0.05) is 19.6 Å². The van der Waals surface area contributed by atoms with Crippen molar-refractivity contribution in [3.8, 4) is 0 Å². The zero-order chi connectivity index (χ0) is 14.8. The highest BCUT2D eigenvalue weighted by Crippen LogP contribution is 2.32. The average Bonchev–Trinajstić information content (AvgIpc) is 2.46. The number of aliphatic hydroxyl groups is 1. The molecule has 4 nitrogen and oxygen atoms in total. The molecule has 0 bridgehead atoms. The second-order valence-corrected chi connectivity index (χ2v) is 6.03. The van der Waals surface area contributed by atoms with E-state index in [2.05, 4.69) is 12.2 Å². The van der Waals surface area contributed by atoms with Crippen LogP contribution in [0.25, 0.3) is 0 Å². The van der Waals surface area contributed by atoms with E-state index in [-0.39, 0.29) is 24.5 Å². The molecule has 1 aliphatic rings. The monoisotopic (exact) mass is 285 g/mol. The Bertz CT molecular complexity index is 256. The van der Waals surface area contributed by atoms with Crippen LogP contribution < -0.4 is 5.32 Å². The maximum absolute atomic E-state index is 12.2. The first-order valence-electron chi connectivity index (χ1n) is 8.11. The van der Waals surface area contributed by atoms with Gasteiger partial charge in [-0.25, -0.2) is 0 Å². The molecule has 1 unspecified atom stereocenters. The largest absolute Gasteiger partial charge is 0.396 e. The second kappa shape index (κ2) is 10.2. The molecule has 0 radical (unpaired) electrons. The lowest BCUT2D eigenvalue weighted by molar-refractivity contribution is -0.127. The van der Waals surface area contributed by atoms with Crippen molar-refractivity contribution in [2.24, 2.45) is 11.8 Å². The van der Waals surface area contributed by atoms with Gasteiger partial charge in [-0.15, -0.1) is 0 Å². The standard InChI is InChI=1S/C16H31NO3/c1-3-4-5-13-6-8-14(9-7-13)16(19)17-15(10-11-18)12-20-2/h13-15,18H,3-12H2,1-2H3,(H,17,19). The Morgan fingerprint density at radius 1 is 1.35 bits per heavy atom. The summed E-state index contributed by atoms with van der Waals surface area (Å²) in [5, 5.41) is 12.0. The number of carbonyl (C=O) groups is 1. The van der Waals surface area contributed by atoms with E-state index in [1.54, 1.807) is 7.11 Å². The third-order valence-electron chi connectivity index (χ3n) is 4.38. The first-order valence-corrected chi connectivity index (χ1v) is 8.11. The molecule has 1 aliphatic carbocycles. The van der Waals surface area contributed by atoms with Gasteiger partial charge in [0.15, 0.2) is 0 Å². The van der Waals surface area contributed by atoms with E-state index < -0.39 is 0 Å². The SMILES string of the molecule is CCCCC1CCC(C(=O)NC(CCO)COC)CC1. The van der Waals surface area contributed by atoms with Gasteiger partial charge in [0.25, 0.3) is 0 Å². The molecular weight excluding hydrogens is 254 g/mol. The number of amides is 1. The number of ether oxygens (including phenoxy) is 1. The van der Waals surface area contributed by atoms with Crippen molar-refractivity contribution in [2.75, 3.05) is 20.3 Å². The number of unbranched alkanes of at least 4 members (excludes halogenated alkanes) is 1. The first kappa shape index (κ1) is 17.4. The van der Waals surface area contributed by atoms with Crippen LogP contribution in [0, 0.1) is 11.8 Å². The molecule has 0 spiro atoms. The predicted molar refractivity (Wildman–Crippen MR) is 80.5 cm³/mol. The van der Waals surface area contributed by atoms with Crippen molar-refractivity contribution in [1.82, 2.24) is 5.32 Å². The molecule has 4 heteroatoms. The molecule has 0 saturated heterocycles. The molecule has 0 aromatic heterocycles.